The van der Waals surface area contributed by atoms with Gasteiger partial charge in [0.05, 0.1) is 22.1 Å². The van der Waals surface area contributed by atoms with E-state index < -0.39 is 0 Å². The Hall–Kier alpha value is -5.28. The van der Waals surface area contributed by atoms with Gasteiger partial charge in [0.15, 0.2) is 5.82 Å². The maximum Gasteiger partial charge on any atom is 0.165 e. The number of aromatic nitrogens is 3. The largest absolute Gasteiger partial charge is 0.292 e. The molecule has 2 heterocycles. The average Bonchev–Trinajstić information content (AvgIpc) is 3.33. The molecule has 0 spiro atoms. The topological polar surface area (TPSA) is 30.7 Å². The number of para-hydroxylation sites is 3. The van der Waals surface area contributed by atoms with Gasteiger partial charge in [-0.05, 0) is 52.2 Å². The van der Waals surface area contributed by atoms with Crippen molar-refractivity contribution in [3.8, 4) is 28.2 Å². The van der Waals surface area contributed by atoms with Gasteiger partial charge in [-0.25, -0.2) is 9.97 Å². The summed E-state index contributed by atoms with van der Waals surface area (Å²) < 4.78 is 2.29. The van der Waals surface area contributed by atoms with E-state index in [4.69, 9.17) is 9.97 Å². The van der Waals surface area contributed by atoms with Crippen molar-refractivity contribution in [2.75, 3.05) is 0 Å². The van der Waals surface area contributed by atoms with Gasteiger partial charge in [-0.2, -0.15) is 0 Å². The molecular formula is C36H23N3. The van der Waals surface area contributed by atoms with E-state index in [1.54, 1.807) is 0 Å². The lowest BCUT2D eigenvalue weighted by molar-refractivity contribution is 1.08. The Morgan fingerprint density at radius 2 is 1.00 bits per heavy atom. The van der Waals surface area contributed by atoms with Gasteiger partial charge in [0.25, 0.3) is 0 Å². The zero-order chi connectivity index (χ0) is 25.8. The second kappa shape index (κ2) is 8.64. The van der Waals surface area contributed by atoms with E-state index in [2.05, 4.69) is 114 Å². The summed E-state index contributed by atoms with van der Waals surface area (Å²) >= 11 is 0. The Balaban J connectivity index is 1.44. The summed E-state index contributed by atoms with van der Waals surface area (Å²) in [5, 5.41) is 4.86. The monoisotopic (exact) mass is 497 g/mol. The van der Waals surface area contributed by atoms with Gasteiger partial charge in [-0.1, -0.05) is 109 Å². The minimum absolute atomic E-state index is 0.836. The van der Waals surface area contributed by atoms with Crippen molar-refractivity contribution >= 4 is 43.6 Å². The molecule has 0 atom stereocenters. The highest BCUT2D eigenvalue weighted by atomic mass is 15.1. The maximum atomic E-state index is 5.26. The fourth-order valence-electron chi connectivity index (χ4n) is 5.67. The summed E-state index contributed by atoms with van der Waals surface area (Å²) in [6.07, 6.45) is 0. The first kappa shape index (κ1) is 21.8. The Morgan fingerprint density at radius 3 is 1.79 bits per heavy atom. The Labute approximate surface area is 225 Å². The van der Waals surface area contributed by atoms with E-state index in [1.807, 2.05) is 30.3 Å². The number of hydrogen-bond acceptors (Lipinski definition) is 2. The summed E-state index contributed by atoms with van der Waals surface area (Å²) in [6.45, 7) is 0. The summed E-state index contributed by atoms with van der Waals surface area (Å²) in [4.78, 5) is 10.5. The molecule has 0 unspecified atom stereocenters. The molecule has 0 N–H and O–H groups in total. The Morgan fingerprint density at radius 1 is 0.410 bits per heavy atom. The fraction of sp³-hybridized carbons (Fsp3) is 0. The summed E-state index contributed by atoms with van der Waals surface area (Å²) in [5.74, 6) is 0.836. The lowest BCUT2D eigenvalue weighted by atomic mass is 10.0. The molecule has 0 radical (unpaired) electrons. The predicted octanol–water partition coefficient (Wildman–Crippen LogP) is 9.21. The van der Waals surface area contributed by atoms with Crippen LogP contribution in [0.2, 0.25) is 0 Å². The molecule has 0 aliphatic carbocycles. The highest BCUT2D eigenvalue weighted by molar-refractivity contribution is 6.13. The molecule has 0 fully saturated rings. The van der Waals surface area contributed by atoms with Crippen molar-refractivity contribution in [3.63, 3.8) is 0 Å². The van der Waals surface area contributed by atoms with Crippen LogP contribution in [0.15, 0.2) is 140 Å². The zero-order valence-electron chi connectivity index (χ0n) is 21.1. The lowest BCUT2D eigenvalue weighted by Gasteiger charge is -2.14. The normalized spacial score (nSPS) is 11.6. The first-order valence-corrected chi connectivity index (χ1v) is 13.2. The van der Waals surface area contributed by atoms with E-state index in [0.717, 1.165) is 39.1 Å². The number of hydrogen-bond donors (Lipinski definition) is 0. The van der Waals surface area contributed by atoms with Crippen LogP contribution < -0.4 is 0 Å². The highest BCUT2D eigenvalue weighted by Crippen LogP contribution is 2.37. The van der Waals surface area contributed by atoms with Crippen LogP contribution in [0.5, 0.6) is 0 Å². The molecule has 3 nitrogen and oxygen atoms in total. The van der Waals surface area contributed by atoms with Crippen molar-refractivity contribution < 1.29 is 0 Å². The van der Waals surface area contributed by atoms with Crippen LogP contribution in [0.3, 0.4) is 0 Å². The third-order valence-corrected chi connectivity index (χ3v) is 7.57. The summed E-state index contributed by atoms with van der Waals surface area (Å²) in [7, 11) is 0. The van der Waals surface area contributed by atoms with E-state index >= 15 is 0 Å². The first-order chi connectivity index (χ1) is 19.3. The third-order valence-electron chi connectivity index (χ3n) is 7.57. The number of fused-ring (bicyclic) bond motifs is 5. The van der Waals surface area contributed by atoms with Crippen molar-refractivity contribution in [3.05, 3.63) is 140 Å². The van der Waals surface area contributed by atoms with Crippen LogP contribution in [0.1, 0.15) is 0 Å². The molecule has 0 saturated heterocycles. The first-order valence-electron chi connectivity index (χ1n) is 13.2. The molecule has 0 amide bonds. The van der Waals surface area contributed by atoms with Gasteiger partial charge < -0.3 is 0 Å². The SMILES string of the molecule is c1ccc(-c2ccc(-c3nc4ccccc4nc3-n3c4ccccc4c4cc5ccccc5cc43)cc2)cc1. The molecule has 6 aromatic carbocycles. The second-order valence-corrected chi connectivity index (χ2v) is 9.90. The van der Waals surface area contributed by atoms with Crippen LogP contribution in [0, 0.1) is 0 Å². The van der Waals surface area contributed by atoms with Crippen molar-refractivity contribution in [1.29, 1.82) is 0 Å². The molecule has 0 bridgehead atoms. The van der Waals surface area contributed by atoms with Crippen molar-refractivity contribution in [2.24, 2.45) is 0 Å². The molecule has 8 aromatic rings. The molecule has 182 valence electrons. The third kappa shape index (κ3) is 3.52. The minimum atomic E-state index is 0.836. The van der Waals surface area contributed by atoms with Gasteiger partial charge in [0.1, 0.15) is 5.69 Å². The minimum Gasteiger partial charge on any atom is -0.292 e. The Bertz CT molecular complexity index is 2160. The van der Waals surface area contributed by atoms with Crippen LogP contribution in [0.4, 0.5) is 0 Å². The maximum absolute atomic E-state index is 5.26. The second-order valence-electron chi connectivity index (χ2n) is 9.90. The van der Waals surface area contributed by atoms with Gasteiger partial charge in [0, 0.05) is 16.3 Å². The summed E-state index contributed by atoms with van der Waals surface area (Å²) in [6, 6.07) is 48.9. The summed E-state index contributed by atoms with van der Waals surface area (Å²) in [5.41, 5.74) is 8.29. The molecule has 0 aliphatic rings. The molecule has 8 rings (SSSR count). The van der Waals surface area contributed by atoms with E-state index in [0.29, 0.717) is 0 Å². The molecule has 39 heavy (non-hydrogen) atoms. The van der Waals surface area contributed by atoms with Gasteiger partial charge in [-0.3, -0.25) is 4.57 Å². The standard InChI is InChI=1S/C36H23N3/c1-2-10-24(11-3-1)25-18-20-26(21-19-25)35-36(38-32-16-8-7-15-31(32)37-35)39-33-17-9-6-14-29(33)30-22-27-12-4-5-13-28(27)23-34(30)39/h1-23H. The molecule has 0 saturated carbocycles. The van der Waals surface area contributed by atoms with Gasteiger partial charge in [0.2, 0.25) is 0 Å². The van der Waals surface area contributed by atoms with E-state index in [1.165, 1.54) is 32.7 Å². The lowest BCUT2D eigenvalue weighted by Crippen LogP contribution is -2.03. The van der Waals surface area contributed by atoms with Crippen LogP contribution >= 0.6 is 0 Å². The fourth-order valence-corrected chi connectivity index (χ4v) is 5.67. The zero-order valence-corrected chi connectivity index (χ0v) is 21.1. The van der Waals surface area contributed by atoms with Crippen molar-refractivity contribution in [1.82, 2.24) is 14.5 Å². The smallest absolute Gasteiger partial charge is 0.165 e. The quantitative estimate of drug-likeness (QED) is 0.244. The highest BCUT2D eigenvalue weighted by Gasteiger charge is 2.19. The predicted molar refractivity (Wildman–Crippen MR) is 162 cm³/mol. The number of rotatable bonds is 3. The molecule has 2 aromatic heterocycles. The average molecular weight is 498 g/mol. The van der Waals surface area contributed by atoms with Crippen LogP contribution in [-0.2, 0) is 0 Å². The number of nitrogens with zero attached hydrogens (tertiary/aromatic N) is 3. The Kier molecular flexibility index (Phi) is 4.82. The molecule has 3 heteroatoms. The molecular weight excluding hydrogens is 474 g/mol. The van der Waals surface area contributed by atoms with Gasteiger partial charge >= 0.3 is 0 Å². The van der Waals surface area contributed by atoms with Crippen LogP contribution in [0.25, 0.3) is 71.8 Å². The van der Waals surface area contributed by atoms with Gasteiger partial charge in [-0.15, -0.1) is 0 Å². The number of benzene rings is 6. The van der Waals surface area contributed by atoms with Crippen LogP contribution in [-0.4, -0.2) is 14.5 Å². The van der Waals surface area contributed by atoms with E-state index in [-0.39, 0.29) is 0 Å². The molecule has 0 aliphatic heterocycles. The van der Waals surface area contributed by atoms with Crippen molar-refractivity contribution in [2.45, 2.75) is 0 Å². The van der Waals surface area contributed by atoms with E-state index in [9.17, 15) is 0 Å².